The van der Waals surface area contributed by atoms with E-state index in [2.05, 4.69) is 25.4 Å². The molecule has 0 bridgehead atoms. The van der Waals surface area contributed by atoms with E-state index in [0.29, 0.717) is 24.6 Å². The molecule has 0 amide bonds. The smallest absolute Gasteiger partial charge is 0.417 e. The summed E-state index contributed by atoms with van der Waals surface area (Å²) in [7, 11) is 0. The first kappa shape index (κ1) is 23.6. The van der Waals surface area contributed by atoms with Gasteiger partial charge in [-0.05, 0) is 31.2 Å². The van der Waals surface area contributed by atoms with Crippen LogP contribution in [-0.4, -0.2) is 63.4 Å². The van der Waals surface area contributed by atoms with Gasteiger partial charge in [0.1, 0.15) is 12.4 Å². The number of benzene rings is 1. The zero-order valence-electron chi connectivity index (χ0n) is 18.5. The van der Waals surface area contributed by atoms with Gasteiger partial charge in [0.05, 0.1) is 11.3 Å². The van der Waals surface area contributed by atoms with E-state index in [4.69, 9.17) is 5.11 Å². The van der Waals surface area contributed by atoms with Crippen molar-refractivity contribution in [2.45, 2.75) is 25.7 Å². The number of halogens is 3. The molecule has 34 heavy (non-hydrogen) atoms. The van der Waals surface area contributed by atoms with Gasteiger partial charge in [0.2, 0.25) is 0 Å². The number of carboxylic acid groups (broad SMARTS) is 1. The van der Waals surface area contributed by atoms with Crippen LogP contribution >= 0.6 is 0 Å². The van der Waals surface area contributed by atoms with E-state index in [1.807, 2.05) is 42.3 Å². The summed E-state index contributed by atoms with van der Waals surface area (Å²) in [5, 5.41) is 18.9. The highest BCUT2D eigenvalue weighted by molar-refractivity contribution is 5.73. The molecule has 1 fully saturated rings. The van der Waals surface area contributed by atoms with Gasteiger partial charge >= 0.3 is 12.1 Å². The zero-order chi connectivity index (χ0) is 24.3. The number of pyridine rings is 1. The van der Waals surface area contributed by atoms with Gasteiger partial charge in [0.25, 0.3) is 0 Å². The Kier molecular flexibility index (Phi) is 6.73. The number of rotatable bonds is 7. The van der Waals surface area contributed by atoms with Crippen LogP contribution in [0.15, 0.2) is 48.8 Å². The molecule has 2 aromatic heterocycles. The van der Waals surface area contributed by atoms with Crippen molar-refractivity contribution in [2.24, 2.45) is 0 Å². The molecule has 1 atom stereocenters. The maximum Gasteiger partial charge on any atom is 0.417 e. The third-order valence-electron chi connectivity index (χ3n) is 5.80. The molecule has 0 spiro atoms. The van der Waals surface area contributed by atoms with Gasteiger partial charge < -0.3 is 15.3 Å². The fraction of sp³-hybridized carbons (Fsp3) is 0.348. The Balaban J connectivity index is 1.38. The van der Waals surface area contributed by atoms with Crippen LogP contribution in [0, 0.1) is 0 Å². The van der Waals surface area contributed by atoms with Gasteiger partial charge in [-0.2, -0.15) is 18.3 Å². The van der Waals surface area contributed by atoms with E-state index in [9.17, 15) is 18.0 Å². The predicted octanol–water partition coefficient (Wildman–Crippen LogP) is 3.70. The first-order chi connectivity index (χ1) is 16.2. The summed E-state index contributed by atoms with van der Waals surface area (Å²) in [6, 6.07) is 9.98. The van der Waals surface area contributed by atoms with Gasteiger partial charge in [-0.15, -0.1) is 0 Å². The van der Waals surface area contributed by atoms with Crippen molar-refractivity contribution in [3.8, 4) is 11.3 Å². The SMILES string of the molecule is C[C@@H]1CN(Cc2c[nH]nc2-c2ccc(NCC(=O)O)cc2)CCN1c1ccc(C(F)(F)F)cn1. The van der Waals surface area contributed by atoms with Gasteiger partial charge in [-0.25, -0.2) is 4.98 Å². The highest BCUT2D eigenvalue weighted by Crippen LogP contribution is 2.30. The summed E-state index contributed by atoms with van der Waals surface area (Å²) in [6.45, 7) is 4.66. The molecule has 0 aliphatic carbocycles. The topological polar surface area (TPSA) is 97.4 Å². The first-order valence-electron chi connectivity index (χ1n) is 10.8. The lowest BCUT2D eigenvalue weighted by Gasteiger charge is -2.40. The molecule has 3 heterocycles. The Morgan fingerprint density at radius 3 is 2.59 bits per heavy atom. The zero-order valence-corrected chi connectivity index (χ0v) is 18.5. The molecule has 3 N–H and O–H groups in total. The number of nitrogens with one attached hydrogen (secondary N) is 2. The van der Waals surface area contributed by atoms with E-state index < -0.39 is 17.7 Å². The van der Waals surface area contributed by atoms with Crippen LogP contribution in [0.25, 0.3) is 11.3 Å². The van der Waals surface area contributed by atoms with Crippen LogP contribution in [0.5, 0.6) is 0 Å². The van der Waals surface area contributed by atoms with E-state index in [1.54, 1.807) is 0 Å². The Hall–Kier alpha value is -3.60. The first-order valence-corrected chi connectivity index (χ1v) is 10.8. The maximum absolute atomic E-state index is 12.8. The molecule has 180 valence electrons. The number of piperazine rings is 1. The number of nitrogens with zero attached hydrogens (tertiary/aromatic N) is 4. The Morgan fingerprint density at radius 2 is 1.97 bits per heavy atom. The minimum atomic E-state index is -4.40. The Morgan fingerprint density at radius 1 is 1.21 bits per heavy atom. The van der Waals surface area contributed by atoms with Crippen LogP contribution in [0.1, 0.15) is 18.1 Å². The quantitative estimate of drug-likeness (QED) is 0.481. The highest BCUT2D eigenvalue weighted by atomic mass is 19.4. The second kappa shape index (κ2) is 9.72. The number of anilines is 2. The molecule has 0 unspecified atom stereocenters. The van der Waals surface area contributed by atoms with Crippen molar-refractivity contribution < 1.29 is 23.1 Å². The summed E-state index contributed by atoms with van der Waals surface area (Å²) in [6.07, 6.45) is -1.65. The fourth-order valence-corrected chi connectivity index (χ4v) is 4.09. The van der Waals surface area contributed by atoms with Crippen molar-refractivity contribution in [3.63, 3.8) is 0 Å². The Labute approximate surface area is 194 Å². The highest BCUT2D eigenvalue weighted by Gasteiger charge is 2.32. The Bertz CT molecular complexity index is 1110. The monoisotopic (exact) mass is 474 g/mol. The third kappa shape index (κ3) is 5.48. The molecule has 8 nitrogen and oxygen atoms in total. The van der Waals surface area contributed by atoms with E-state index >= 15 is 0 Å². The number of aliphatic carboxylic acids is 1. The van der Waals surface area contributed by atoms with E-state index in [1.165, 1.54) is 6.07 Å². The van der Waals surface area contributed by atoms with Crippen molar-refractivity contribution >= 4 is 17.5 Å². The van der Waals surface area contributed by atoms with Crippen LogP contribution in [0.4, 0.5) is 24.7 Å². The van der Waals surface area contributed by atoms with Crippen molar-refractivity contribution in [2.75, 3.05) is 36.4 Å². The number of aromatic amines is 1. The van der Waals surface area contributed by atoms with Gasteiger partial charge in [0.15, 0.2) is 0 Å². The summed E-state index contributed by atoms with van der Waals surface area (Å²) in [5.41, 5.74) is 2.73. The number of carboxylic acids is 1. The number of H-pyrrole nitrogens is 1. The fourth-order valence-electron chi connectivity index (χ4n) is 4.09. The van der Waals surface area contributed by atoms with Crippen LogP contribution in [0.3, 0.4) is 0 Å². The average Bonchev–Trinajstić information content (AvgIpc) is 3.26. The van der Waals surface area contributed by atoms with Crippen LogP contribution in [0.2, 0.25) is 0 Å². The van der Waals surface area contributed by atoms with E-state index in [-0.39, 0.29) is 12.6 Å². The lowest BCUT2D eigenvalue weighted by molar-refractivity contribution is -0.138. The predicted molar refractivity (Wildman–Crippen MR) is 121 cm³/mol. The molecule has 0 saturated carbocycles. The van der Waals surface area contributed by atoms with Crippen molar-refractivity contribution in [3.05, 3.63) is 59.9 Å². The summed E-state index contributed by atoms with van der Waals surface area (Å²) >= 11 is 0. The van der Waals surface area contributed by atoms with Crippen molar-refractivity contribution in [1.29, 1.82) is 0 Å². The van der Waals surface area contributed by atoms with Gasteiger partial charge in [0, 0.05) is 61.4 Å². The van der Waals surface area contributed by atoms with Gasteiger partial charge in [-0.3, -0.25) is 14.8 Å². The number of hydrogen-bond acceptors (Lipinski definition) is 6. The maximum atomic E-state index is 12.8. The summed E-state index contributed by atoms with van der Waals surface area (Å²) < 4.78 is 38.4. The molecule has 1 aromatic carbocycles. The molecule has 3 aromatic rings. The molecule has 1 aliphatic heterocycles. The molecule has 0 radical (unpaired) electrons. The lowest BCUT2D eigenvalue weighted by Crippen LogP contribution is -2.51. The number of aromatic nitrogens is 3. The largest absolute Gasteiger partial charge is 0.480 e. The summed E-state index contributed by atoms with van der Waals surface area (Å²) in [4.78, 5) is 19.0. The standard InChI is InChI=1S/C23H25F3N6O2/c1-15-13-31(8-9-32(15)20-7-4-18(11-28-20)23(24,25)26)14-17-10-29-30-22(17)16-2-5-19(6-3-16)27-12-21(33)34/h2-7,10-11,15,27H,8-9,12-14H2,1H3,(H,29,30)(H,33,34)/t15-/m1/s1. The molecule has 4 rings (SSSR count). The van der Waals surface area contributed by atoms with Crippen molar-refractivity contribution in [1.82, 2.24) is 20.1 Å². The van der Waals surface area contributed by atoms with E-state index in [0.717, 1.165) is 42.2 Å². The normalized spacial score (nSPS) is 17.1. The second-order valence-electron chi connectivity index (χ2n) is 8.26. The minimum absolute atomic E-state index is 0.0768. The number of hydrogen-bond donors (Lipinski definition) is 3. The average molecular weight is 474 g/mol. The number of carbonyl (C=O) groups is 1. The number of alkyl halides is 3. The molecular weight excluding hydrogens is 449 g/mol. The molecule has 11 heteroatoms. The van der Waals surface area contributed by atoms with Gasteiger partial charge in [-0.1, -0.05) is 12.1 Å². The molecule has 1 saturated heterocycles. The molecular formula is C23H25F3N6O2. The lowest BCUT2D eigenvalue weighted by atomic mass is 10.1. The van der Waals surface area contributed by atoms with Crippen LogP contribution in [-0.2, 0) is 17.5 Å². The minimum Gasteiger partial charge on any atom is -0.480 e. The summed E-state index contributed by atoms with van der Waals surface area (Å²) in [5.74, 6) is -0.386. The molecule has 1 aliphatic rings. The second-order valence-corrected chi connectivity index (χ2v) is 8.26. The third-order valence-corrected chi connectivity index (χ3v) is 5.80. The van der Waals surface area contributed by atoms with Crippen LogP contribution < -0.4 is 10.2 Å².